The monoisotopic (exact) mass is 161 g/mol. The Labute approximate surface area is 71.5 Å². The Kier molecular flexibility index (Phi) is 1.40. The molecule has 2 heterocycles. The molecule has 0 saturated carbocycles. The van der Waals surface area contributed by atoms with Gasteiger partial charge in [-0.25, -0.2) is 9.98 Å². The van der Waals surface area contributed by atoms with Gasteiger partial charge in [-0.1, -0.05) is 6.58 Å². The van der Waals surface area contributed by atoms with E-state index in [2.05, 4.69) is 16.6 Å². The van der Waals surface area contributed by atoms with E-state index < -0.39 is 0 Å². The Morgan fingerprint density at radius 2 is 2.33 bits per heavy atom. The molecule has 2 rings (SSSR count). The summed E-state index contributed by atoms with van der Waals surface area (Å²) in [4.78, 5) is 8.64. The second-order valence-electron chi connectivity index (χ2n) is 3.16. The highest BCUT2D eigenvalue weighted by Gasteiger charge is 2.16. The maximum absolute atomic E-state index is 4.41. The summed E-state index contributed by atoms with van der Waals surface area (Å²) in [7, 11) is 1.95. The van der Waals surface area contributed by atoms with Gasteiger partial charge in [-0.3, -0.25) is 0 Å². The van der Waals surface area contributed by atoms with E-state index in [-0.39, 0.29) is 0 Å². The average molecular weight is 161 g/mol. The number of aryl methyl sites for hydroxylation is 1. The molecule has 1 aromatic rings. The van der Waals surface area contributed by atoms with Crippen LogP contribution in [0.2, 0.25) is 0 Å². The summed E-state index contributed by atoms with van der Waals surface area (Å²) >= 11 is 0. The number of hydrogen-bond acceptors (Lipinski definition) is 2. The van der Waals surface area contributed by atoms with Crippen molar-refractivity contribution in [1.29, 1.82) is 0 Å². The van der Waals surface area contributed by atoms with Crippen LogP contribution in [-0.4, -0.2) is 15.3 Å². The highest BCUT2D eigenvalue weighted by molar-refractivity contribution is 5.97. The average Bonchev–Trinajstić information content (AvgIpc) is 2.33. The van der Waals surface area contributed by atoms with Gasteiger partial charge in [0.25, 0.3) is 0 Å². The predicted octanol–water partition coefficient (Wildman–Crippen LogP) is 1.93. The fourth-order valence-corrected chi connectivity index (χ4v) is 1.42. The van der Waals surface area contributed by atoms with Gasteiger partial charge >= 0.3 is 0 Å². The first-order chi connectivity index (χ1) is 5.68. The van der Waals surface area contributed by atoms with Crippen LogP contribution in [0.1, 0.15) is 19.0 Å². The second-order valence-corrected chi connectivity index (χ2v) is 3.16. The maximum Gasteiger partial charge on any atom is 0.159 e. The van der Waals surface area contributed by atoms with E-state index in [0.29, 0.717) is 0 Å². The quantitative estimate of drug-likeness (QED) is 0.571. The number of allylic oxidation sites excluding steroid dienone is 1. The van der Waals surface area contributed by atoms with Crippen molar-refractivity contribution in [2.75, 3.05) is 0 Å². The van der Waals surface area contributed by atoms with Crippen LogP contribution in [0.4, 0.5) is 5.82 Å². The lowest BCUT2D eigenvalue weighted by atomic mass is 10.1. The Bertz CT molecular complexity index is 371. The van der Waals surface area contributed by atoms with Crippen LogP contribution in [0.5, 0.6) is 0 Å². The summed E-state index contributed by atoms with van der Waals surface area (Å²) in [6.45, 7) is 5.98. The third-order valence-electron chi connectivity index (χ3n) is 2.01. The van der Waals surface area contributed by atoms with E-state index in [4.69, 9.17) is 0 Å². The van der Waals surface area contributed by atoms with Crippen LogP contribution in [0.15, 0.2) is 17.9 Å². The van der Waals surface area contributed by atoms with Crippen molar-refractivity contribution in [2.24, 2.45) is 12.0 Å². The summed E-state index contributed by atoms with van der Waals surface area (Å²) in [5, 5.41) is 0. The SMILES string of the molecule is C=C1CC(C)=Nc2c1ncn2C. The molecule has 0 bridgehead atoms. The molecule has 0 unspecified atom stereocenters. The maximum atomic E-state index is 4.41. The Morgan fingerprint density at radius 3 is 3.08 bits per heavy atom. The van der Waals surface area contributed by atoms with Gasteiger partial charge in [-0.15, -0.1) is 0 Å². The Hall–Kier alpha value is -1.38. The smallest absolute Gasteiger partial charge is 0.159 e. The van der Waals surface area contributed by atoms with Crippen LogP contribution >= 0.6 is 0 Å². The normalized spacial score (nSPS) is 15.8. The molecule has 62 valence electrons. The minimum atomic E-state index is 0.851. The number of aliphatic imine (C=N–C) groups is 1. The number of nitrogens with zero attached hydrogens (tertiary/aromatic N) is 3. The molecule has 0 atom stereocenters. The topological polar surface area (TPSA) is 30.2 Å². The molecule has 0 N–H and O–H groups in total. The van der Waals surface area contributed by atoms with Gasteiger partial charge in [0.15, 0.2) is 5.82 Å². The van der Waals surface area contributed by atoms with Gasteiger partial charge in [-0.2, -0.15) is 0 Å². The summed E-state index contributed by atoms with van der Waals surface area (Å²) in [5.41, 5.74) is 3.12. The van der Waals surface area contributed by atoms with Gasteiger partial charge < -0.3 is 4.57 Å². The Morgan fingerprint density at radius 1 is 1.58 bits per heavy atom. The molecule has 1 aliphatic heterocycles. The molecule has 0 saturated heterocycles. The van der Waals surface area contributed by atoms with Crippen molar-refractivity contribution in [1.82, 2.24) is 9.55 Å². The molecule has 0 amide bonds. The minimum absolute atomic E-state index is 0.851. The molecule has 12 heavy (non-hydrogen) atoms. The van der Waals surface area contributed by atoms with Crippen LogP contribution in [0, 0.1) is 0 Å². The fraction of sp³-hybridized carbons (Fsp3) is 0.333. The van der Waals surface area contributed by atoms with Crippen LogP contribution in [0.3, 0.4) is 0 Å². The molecule has 3 nitrogen and oxygen atoms in total. The first kappa shape index (κ1) is 7.28. The van der Waals surface area contributed by atoms with E-state index in [1.54, 1.807) is 6.33 Å². The van der Waals surface area contributed by atoms with Gasteiger partial charge in [0.1, 0.15) is 5.69 Å². The van der Waals surface area contributed by atoms with Crippen LogP contribution < -0.4 is 0 Å². The van der Waals surface area contributed by atoms with Crippen molar-refractivity contribution in [3.05, 3.63) is 18.6 Å². The van der Waals surface area contributed by atoms with E-state index in [9.17, 15) is 0 Å². The molecular formula is C9H11N3. The standard InChI is InChI=1S/C9H11N3/c1-6-4-7(2)11-9-8(6)10-5-12(9)3/h5H,1,4H2,2-3H3. The molecule has 0 spiro atoms. The van der Waals surface area contributed by atoms with Crippen molar-refractivity contribution in [2.45, 2.75) is 13.3 Å². The predicted molar refractivity (Wildman–Crippen MR) is 49.6 cm³/mol. The van der Waals surface area contributed by atoms with E-state index in [1.807, 2.05) is 18.5 Å². The molecule has 0 fully saturated rings. The highest BCUT2D eigenvalue weighted by atomic mass is 15.1. The van der Waals surface area contributed by atoms with Gasteiger partial charge in [-0.05, 0) is 12.5 Å². The van der Waals surface area contributed by atoms with Gasteiger partial charge in [0, 0.05) is 19.2 Å². The molecule has 0 aliphatic carbocycles. The Balaban J connectivity index is 2.65. The summed E-state index contributed by atoms with van der Waals surface area (Å²) in [5.74, 6) is 0.934. The lowest BCUT2D eigenvalue weighted by molar-refractivity contribution is 0.910. The largest absolute Gasteiger partial charge is 0.318 e. The molecule has 0 aromatic carbocycles. The number of rotatable bonds is 0. The first-order valence-electron chi connectivity index (χ1n) is 3.92. The summed E-state index contributed by atoms with van der Waals surface area (Å²) < 4.78 is 1.92. The fourth-order valence-electron chi connectivity index (χ4n) is 1.42. The van der Waals surface area contributed by atoms with Crippen LogP contribution in [0.25, 0.3) is 5.57 Å². The van der Waals surface area contributed by atoms with Crippen molar-refractivity contribution in [3.63, 3.8) is 0 Å². The lowest BCUT2D eigenvalue weighted by Gasteiger charge is -2.11. The van der Waals surface area contributed by atoms with Gasteiger partial charge in [0.2, 0.25) is 0 Å². The van der Waals surface area contributed by atoms with E-state index in [1.165, 1.54) is 0 Å². The first-order valence-corrected chi connectivity index (χ1v) is 3.92. The summed E-state index contributed by atoms with van der Waals surface area (Å²) in [6, 6.07) is 0. The number of hydrogen-bond donors (Lipinski definition) is 0. The molecular weight excluding hydrogens is 150 g/mol. The third-order valence-corrected chi connectivity index (χ3v) is 2.01. The zero-order chi connectivity index (χ0) is 8.72. The number of fused-ring (bicyclic) bond motifs is 1. The van der Waals surface area contributed by atoms with Crippen molar-refractivity contribution < 1.29 is 0 Å². The van der Waals surface area contributed by atoms with Crippen molar-refractivity contribution in [3.8, 4) is 0 Å². The molecule has 3 heteroatoms. The van der Waals surface area contributed by atoms with E-state index >= 15 is 0 Å². The second kappa shape index (κ2) is 2.30. The minimum Gasteiger partial charge on any atom is -0.318 e. The zero-order valence-corrected chi connectivity index (χ0v) is 7.33. The number of aromatic nitrogens is 2. The molecule has 1 aromatic heterocycles. The highest BCUT2D eigenvalue weighted by Crippen LogP contribution is 2.30. The lowest BCUT2D eigenvalue weighted by Crippen LogP contribution is -2.01. The van der Waals surface area contributed by atoms with E-state index in [0.717, 1.165) is 29.2 Å². The van der Waals surface area contributed by atoms with Crippen molar-refractivity contribution >= 4 is 17.1 Å². The zero-order valence-electron chi connectivity index (χ0n) is 7.33. The van der Waals surface area contributed by atoms with Crippen LogP contribution in [-0.2, 0) is 7.05 Å². The summed E-state index contributed by atoms with van der Waals surface area (Å²) in [6.07, 6.45) is 2.63. The van der Waals surface area contributed by atoms with Gasteiger partial charge in [0.05, 0.1) is 6.33 Å². The number of imidazole rings is 1. The molecule has 1 aliphatic rings. The third kappa shape index (κ3) is 0.897. The molecule has 0 radical (unpaired) electrons.